The Bertz CT molecular complexity index is 1270. The molecule has 0 unspecified atom stereocenters. The first-order chi connectivity index (χ1) is 16.4. The molecule has 0 aliphatic heterocycles. The van der Waals surface area contributed by atoms with Gasteiger partial charge in [0.05, 0.1) is 11.4 Å². The SMILES string of the molecule is CCc1ccc(N(C(C)=O)c2nc(CSc3nnc(COc4cc(C)ccc4C)o3)cs2)cc1. The van der Waals surface area contributed by atoms with E-state index in [1.807, 2.05) is 61.7 Å². The van der Waals surface area contributed by atoms with Gasteiger partial charge in [0.1, 0.15) is 5.75 Å². The number of carbonyl (C=O) groups is 1. The van der Waals surface area contributed by atoms with Gasteiger partial charge in [-0.2, -0.15) is 0 Å². The van der Waals surface area contributed by atoms with Crippen molar-refractivity contribution in [2.24, 2.45) is 0 Å². The van der Waals surface area contributed by atoms with Crippen LogP contribution in [-0.4, -0.2) is 21.1 Å². The van der Waals surface area contributed by atoms with E-state index in [1.54, 1.807) is 11.8 Å². The van der Waals surface area contributed by atoms with Gasteiger partial charge in [-0.3, -0.25) is 9.69 Å². The highest BCUT2D eigenvalue weighted by molar-refractivity contribution is 7.98. The van der Waals surface area contributed by atoms with Gasteiger partial charge in [0.15, 0.2) is 11.7 Å². The maximum absolute atomic E-state index is 12.3. The fourth-order valence-electron chi connectivity index (χ4n) is 3.27. The molecule has 0 saturated heterocycles. The summed E-state index contributed by atoms with van der Waals surface area (Å²) < 4.78 is 11.5. The van der Waals surface area contributed by atoms with E-state index < -0.39 is 0 Å². The first kappa shape index (κ1) is 24.0. The van der Waals surface area contributed by atoms with Gasteiger partial charge in [-0.05, 0) is 55.2 Å². The Hall–Kier alpha value is -3.17. The molecule has 0 aliphatic rings. The van der Waals surface area contributed by atoms with Gasteiger partial charge in [-0.15, -0.1) is 21.5 Å². The van der Waals surface area contributed by atoms with Crippen molar-refractivity contribution in [3.8, 4) is 5.75 Å². The molecule has 1 amide bonds. The van der Waals surface area contributed by atoms with Crippen molar-refractivity contribution in [3.63, 3.8) is 0 Å². The lowest BCUT2D eigenvalue weighted by molar-refractivity contribution is -0.115. The van der Waals surface area contributed by atoms with E-state index in [4.69, 9.17) is 9.15 Å². The number of thioether (sulfide) groups is 1. The normalized spacial score (nSPS) is 10.9. The molecule has 7 nitrogen and oxygen atoms in total. The fourth-order valence-corrected chi connectivity index (χ4v) is 4.93. The number of hydrogen-bond acceptors (Lipinski definition) is 8. The van der Waals surface area contributed by atoms with Crippen LogP contribution in [0.3, 0.4) is 0 Å². The highest BCUT2D eigenvalue weighted by Crippen LogP contribution is 2.31. The minimum absolute atomic E-state index is 0.0804. The van der Waals surface area contributed by atoms with E-state index in [9.17, 15) is 4.79 Å². The molecule has 176 valence electrons. The molecule has 0 fully saturated rings. The van der Waals surface area contributed by atoms with Crippen molar-refractivity contribution in [3.05, 3.63) is 76.1 Å². The van der Waals surface area contributed by atoms with Crippen LogP contribution in [0.2, 0.25) is 0 Å². The van der Waals surface area contributed by atoms with E-state index in [0.29, 0.717) is 22.0 Å². The second-order valence-corrected chi connectivity index (χ2v) is 9.57. The van der Waals surface area contributed by atoms with Gasteiger partial charge < -0.3 is 9.15 Å². The zero-order chi connectivity index (χ0) is 24.1. The number of rotatable bonds is 9. The Labute approximate surface area is 207 Å². The molecule has 0 bridgehead atoms. The van der Waals surface area contributed by atoms with Gasteiger partial charge in [-0.1, -0.05) is 43.0 Å². The summed E-state index contributed by atoms with van der Waals surface area (Å²) >= 11 is 2.83. The highest BCUT2D eigenvalue weighted by Gasteiger charge is 2.18. The molecule has 2 heterocycles. The molecule has 2 aromatic carbocycles. The lowest BCUT2D eigenvalue weighted by Crippen LogP contribution is -2.22. The number of hydrogen-bond donors (Lipinski definition) is 0. The Morgan fingerprint density at radius 3 is 2.68 bits per heavy atom. The Balaban J connectivity index is 1.36. The lowest BCUT2D eigenvalue weighted by atomic mass is 10.1. The van der Waals surface area contributed by atoms with Crippen LogP contribution in [0.25, 0.3) is 0 Å². The minimum atomic E-state index is -0.0804. The number of aromatic nitrogens is 3. The Morgan fingerprint density at radius 1 is 1.15 bits per heavy atom. The third kappa shape index (κ3) is 5.84. The van der Waals surface area contributed by atoms with Crippen LogP contribution < -0.4 is 9.64 Å². The van der Waals surface area contributed by atoms with E-state index >= 15 is 0 Å². The molecule has 4 rings (SSSR count). The van der Waals surface area contributed by atoms with Crippen LogP contribution >= 0.6 is 23.1 Å². The standard InChI is InChI=1S/C25H26N4O3S2/c1-5-19-8-10-21(11-9-19)29(18(4)30)24-26-20(14-33-24)15-34-25-28-27-23(32-25)13-31-22-12-16(2)6-7-17(22)3/h6-12,14H,5,13,15H2,1-4H3. The molecule has 0 N–H and O–H groups in total. The maximum Gasteiger partial charge on any atom is 0.277 e. The number of benzene rings is 2. The largest absolute Gasteiger partial charge is 0.484 e. The number of ether oxygens (including phenoxy) is 1. The second-order valence-electron chi connectivity index (χ2n) is 7.80. The first-order valence-corrected chi connectivity index (χ1v) is 12.8. The number of thiazole rings is 1. The summed E-state index contributed by atoms with van der Waals surface area (Å²) in [7, 11) is 0. The average Bonchev–Trinajstić information content (AvgIpc) is 3.48. The third-order valence-electron chi connectivity index (χ3n) is 5.14. The smallest absolute Gasteiger partial charge is 0.277 e. The molecule has 0 atom stereocenters. The van der Waals surface area contributed by atoms with Crippen molar-refractivity contribution in [2.75, 3.05) is 4.90 Å². The molecular weight excluding hydrogens is 468 g/mol. The quantitative estimate of drug-likeness (QED) is 0.254. The van der Waals surface area contributed by atoms with Crippen molar-refractivity contribution in [1.82, 2.24) is 15.2 Å². The fraction of sp³-hybridized carbons (Fsp3) is 0.280. The molecule has 0 saturated carbocycles. The third-order valence-corrected chi connectivity index (χ3v) is 6.86. The minimum Gasteiger partial charge on any atom is -0.484 e. The van der Waals surface area contributed by atoms with Crippen LogP contribution in [0.1, 0.15) is 42.1 Å². The van der Waals surface area contributed by atoms with Crippen molar-refractivity contribution < 1.29 is 13.9 Å². The molecule has 4 aromatic rings. The van der Waals surface area contributed by atoms with Gasteiger partial charge in [0, 0.05) is 18.1 Å². The number of carbonyl (C=O) groups excluding carboxylic acids is 1. The van der Waals surface area contributed by atoms with E-state index in [2.05, 4.69) is 22.1 Å². The molecule has 0 spiro atoms. The number of anilines is 2. The van der Waals surface area contributed by atoms with Crippen LogP contribution in [-0.2, 0) is 23.6 Å². The molecule has 9 heteroatoms. The maximum atomic E-state index is 12.3. The summed E-state index contributed by atoms with van der Waals surface area (Å²) in [6.45, 7) is 7.88. The Morgan fingerprint density at radius 2 is 1.94 bits per heavy atom. The molecule has 2 aromatic heterocycles. The highest BCUT2D eigenvalue weighted by atomic mass is 32.2. The van der Waals surface area contributed by atoms with Gasteiger partial charge >= 0.3 is 0 Å². The van der Waals surface area contributed by atoms with E-state index in [-0.39, 0.29) is 12.5 Å². The summed E-state index contributed by atoms with van der Waals surface area (Å²) in [5.41, 5.74) is 5.06. The summed E-state index contributed by atoms with van der Waals surface area (Å²) in [5, 5.41) is 11.2. The summed E-state index contributed by atoms with van der Waals surface area (Å²) in [4.78, 5) is 18.6. The predicted octanol–water partition coefficient (Wildman–Crippen LogP) is 6.26. The van der Waals surface area contributed by atoms with Crippen LogP contribution in [0.5, 0.6) is 5.75 Å². The molecule has 34 heavy (non-hydrogen) atoms. The van der Waals surface area contributed by atoms with Crippen molar-refractivity contribution >= 4 is 39.8 Å². The molecule has 0 aliphatic carbocycles. The molecular formula is C25H26N4O3S2. The van der Waals surface area contributed by atoms with Crippen LogP contribution in [0, 0.1) is 13.8 Å². The lowest BCUT2D eigenvalue weighted by Gasteiger charge is -2.18. The number of nitrogens with zero attached hydrogens (tertiary/aromatic N) is 4. The second kappa shape index (κ2) is 10.8. The van der Waals surface area contributed by atoms with Gasteiger partial charge in [-0.25, -0.2) is 4.98 Å². The zero-order valence-corrected chi connectivity index (χ0v) is 21.2. The van der Waals surface area contributed by atoms with E-state index in [1.165, 1.54) is 28.7 Å². The van der Waals surface area contributed by atoms with E-state index in [0.717, 1.165) is 34.7 Å². The monoisotopic (exact) mass is 494 g/mol. The zero-order valence-electron chi connectivity index (χ0n) is 19.6. The Kier molecular flexibility index (Phi) is 7.64. The van der Waals surface area contributed by atoms with Crippen LogP contribution in [0.4, 0.5) is 10.8 Å². The topological polar surface area (TPSA) is 81.4 Å². The number of amides is 1. The number of aryl methyl sites for hydroxylation is 3. The average molecular weight is 495 g/mol. The van der Waals surface area contributed by atoms with Crippen LogP contribution in [0.15, 0.2) is 57.5 Å². The van der Waals surface area contributed by atoms with Crippen molar-refractivity contribution in [1.29, 1.82) is 0 Å². The molecule has 0 radical (unpaired) electrons. The summed E-state index contributed by atoms with van der Waals surface area (Å²) in [5.74, 6) is 1.70. The summed E-state index contributed by atoms with van der Waals surface area (Å²) in [6, 6.07) is 14.0. The summed E-state index contributed by atoms with van der Waals surface area (Å²) in [6.07, 6.45) is 0.952. The first-order valence-electron chi connectivity index (χ1n) is 10.9. The van der Waals surface area contributed by atoms with Crippen molar-refractivity contribution in [2.45, 2.75) is 51.7 Å². The van der Waals surface area contributed by atoms with Gasteiger partial charge in [0.25, 0.3) is 11.1 Å². The predicted molar refractivity (Wildman–Crippen MR) is 135 cm³/mol. The van der Waals surface area contributed by atoms with Gasteiger partial charge in [0.2, 0.25) is 5.91 Å².